The SMILES string of the molecule is CCOc1ccc(OCC(=O)N2CCCC(N3CCNCC3=O)C2)cc1. The first kappa shape index (κ1) is 18.5. The first-order valence-electron chi connectivity index (χ1n) is 9.31. The molecule has 0 aromatic heterocycles. The van der Waals surface area contributed by atoms with Gasteiger partial charge in [-0.25, -0.2) is 0 Å². The average molecular weight is 361 g/mol. The molecule has 2 amide bonds. The smallest absolute Gasteiger partial charge is 0.260 e. The minimum Gasteiger partial charge on any atom is -0.494 e. The summed E-state index contributed by atoms with van der Waals surface area (Å²) in [6, 6.07) is 7.38. The predicted octanol–water partition coefficient (Wildman–Crippen LogP) is 0.887. The number of hydrogen-bond acceptors (Lipinski definition) is 5. The van der Waals surface area contributed by atoms with E-state index in [1.807, 2.05) is 28.9 Å². The Morgan fingerprint density at radius 2 is 1.92 bits per heavy atom. The lowest BCUT2D eigenvalue weighted by atomic mass is 10.0. The van der Waals surface area contributed by atoms with Crippen molar-refractivity contribution in [1.82, 2.24) is 15.1 Å². The number of carbonyl (C=O) groups is 2. The molecule has 0 radical (unpaired) electrons. The molecule has 2 heterocycles. The van der Waals surface area contributed by atoms with Crippen molar-refractivity contribution in [2.45, 2.75) is 25.8 Å². The first-order chi connectivity index (χ1) is 12.7. The van der Waals surface area contributed by atoms with E-state index >= 15 is 0 Å². The molecule has 0 bridgehead atoms. The van der Waals surface area contributed by atoms with Gasteiger partial charge in [-0.2, -0.15) is 0 Å². The minimum atomic E-state index is -0.0360. The van der Waals surface area contributed by atoms with Gasteiger partial charge >= 0.3 is 0 Å². The second-order valence-corrected chi connectivity index (χ2v) is 6.59. The molecule has 142 valence electrons. The van der Waals surface area contributed by atoms with Crippen LogP contribution in [0.25, 0.3) is 0 Å². The molecule has 2 saturated heterocycles. The molecule has 7 nitrogen and oxygen atoms in total. The quantitative estimate of drug-likeness (QED) is 0.815. The van der Waals surface area contributed by atoms with E-state index in [1.54, 1.807) is 12.1 Å². The average Bonchev–Trinajstić information content (AvgIpc) is 2.68. The van der Waals surface area contributed by atoms with Crippen LogP contribution in [-0.4, -0.2) is 73.6 Å². The van der Waals surface area contributed by atoms with Gasteiger partial charge in [0.2, 0.25) is 5.91 Å². The zero-order valence-corrected chi connectivity index (χ0v) is 15.3. The van der Waals surface area contributed by atoms with Crippen LogP contribution < -0.4 is 14.8 Å². The molecule has 26 heavy (non-hydrogen) atoms. The maximum Gasteiger partial charge on any atom is 0.260 e. The van der Waals surface area contributed by atoms with Crippen LogP contribution in [-0.2, 0) is 9.59 Å². The normalized spacial score (nSPS) is 20.8. The van der Waals surface area contributed by atoms with Gasteiger partial charge in [0.05, 0.1) is 13.2 Å². The Morgan fingerprint density at radius 1 is 1.19 bits per heavy atom. The standard InChI is InChI=1S/C19H27N3O4/c1-2-25-16-5-7-17(8-6-16)26-14-19(24)21-10-3-4-15(13-21)22-11-9-20-12-18(22)23/h5-8,15,20H,2-4,9-14H2,1H3. The molecule has 1 unspecified atom stereocenters. The third kappa shape index (κ3) is 4.66. The van der Waals surface area contributed by atoms with E-state index in [2.05, 4.69) is 5.32 Å². The summed E-state index contributed by atoms with van der Waals surface area (Å²) < 4.78 is 11.0. The summed E-state index contributed by atoms with van der Waals surface area (Å²) in [6.45, 7) is 5.81. The van der Waals surface area contributed by atoms with Gasteiger partial charge in [0, 0.05) is 32.2 Å². The number of amides is 2. The van der Waals surface area contributed by atoms with Gasteiger partial charge in [0.25, 0.3) is 5.91 Å². The number of nitrogens with one attached hydrogen (secondary N) is 1. The number of rotatable bonds is 6. The Labute approximate surface area is 154 Å². The van der Waals surface area contributed by atoms with Gasteiger partial charge in [-0.1, -0.05) is 0 Å². The number of piperazine rings is 1. The molecule has 1 aromatic carbocycles. The summed E-state index contributed by atoms with van der Waals surface area (Å²) in [7, 11) is 0. The zero-order valence-electron chi connectivity index (χ0n) is 15.3. The number of nitrogens with zero attached hydrogens (tertiary/aromatic N) is 2. The summed E-state index contributed by atoms with van der Waals surface area (Å²) in [4.78, 5) is 28.3. The van der Waals surface area contributed by atoms with Gasteiger partial charge < -0.3 is 24.6 Å². The Hall–Kier alpha value is -2.28. The van der Waals surface area contributed by atoms with Crippen LogP contribution in [0, 0.1) is 0 Å². The maximum absolute atomic E-state index is 12.5. The van der Waals surface area contributed by atoms with Crippen LogP contribution in [0.3, 0.4) is 0 Å². The van der Waals surface area contributed by atoms with Crippen molar-refractivity contribution in [1.29, 1.82) is 0 Å². The molecule has 1 N–H and O–H groups in total. The molecular weight excluding hydrogens is 334 g/mol. The molecule has 2 fully saturated rings. The summed E-state index contributed by atoms with van der Waals surface area (Å²) in [6.07, 6.45) is 1.87. The number of likely N-dealkylation sites (tertiary alicyclic amines) is 1. The van der Waals surface area contributed by atoms with E-state index in [9.17, 15) is 9.59 Å². The zero-order chi connectivity index (χ0) is 18.4. The van der Waals surface area contributed by atoms with Gasteiger partial charge in [-0.3, -0.25) is 9.59 Å². The summed E-state index contributed by atoms with van der Waals surface area (Å²) >= 11 is 0. The number of carbonyl (C=O) groups excluding carboxylic acids is 2. The number of piperidine rings is 1. The number of benzene rings is 1. The number of hydrogen-bond donors (Lipinski definition) is 1. The largest absolute Gasteiger partial charge is 0.494 e. The monoisotopic (exact) mass is 361 g/mol. The van der Waals surface area contributed by atoms with E-state index in [-0.39, 0.29) is 24.5 Å². The van der Waals surface area contributed by atoms with Crippen molar-refractivity contribution in [3.05, 3.63) is 24.3 Å². The van der Waals surface area contributed by atoms with E-state index < -0.39 is 0 Å². The van der Waals surface area contributed by atoms with Crippen LogP contribution in [0.5, 0.6) is 11.5 Å². The predicted molar refractivity (Wildman–Crippen MR) is 97.3 cm³/mol. The van der Waals surface area contributed by atoms with Gasteiger partial charge in [0.1, 0.15) is 11.5 Å². The molecule has 0 saturated carbocycles. The number of ether oxygens (including phenoxy) is 2. The Morgan fingerprint density at radius 3 is 2.62 bits per heavy atom. The van der Waals surface area contributed by atoms with E-state index in [1.165, 1.54) is 0 Å². The first-order valence-corrected chi connectivity index (χ1v) is 9.31. The van der Waals surface area contributed by atoms with Crippen molar-refractivity contribution in [2.24, 2.45) is 0 Å². The van der Waals surface area contributed by atoms with Gasteiger partial charge in [0.15, 0.2) is 6.61 Å². The van der Waals surface area contributed by atoms with Crippen LogP contribution >= 0.6 is 0 Å². The topological polar surface area (TPSA) is 71.1 Å². The maximum atomic E-state index is 12.5. The fourth-order valence-corrected chi connectivity index (χ4v) is 3.48. The third-order valence-electron chi connectivity index (χ3n) is 4.81. The highest BCUT2D eigenvalue weighted by molar-refractivity contribution is 5.80. The fraction of sp³-hybridized carbons (Fsp3) is 0.579. The van der Waals surface area contributed by atoms with Crippen LogP contribution in [0.1, 0.15) is 19.8 Å². The Bertz CT molecular complexity index is 620. The molecule has 0 aliphatic carbocycles. The lowest BCUT2D eigenvalue weighted by Gasteiger charge is -2.41. The van der Waals surface area contributed by atoms with Crippen molar-refractivity contribution < 1.29 is 19.1 Å². The summed E-state index contributed by atoms with van der Waals surface area (Å²) in [5, 5.41) is 3.09. The van der Waals surface area contributed by atoms with Crippen molar-refractivity contribution in [3.63, 3.8) is 0 Å². The third-order valence-corrected chi connectivity index (χ3v) is 4.81. The Balaban J connectivity index is 1.50. The Kier molecular flexibility index (Phi) is 6.33. The highest BCUT2D eigenvalue weighted by Gasteiger charge is 2.31. The molecule has 0 spiro atoms. The lowest BCUT2D eigenvalue weighted by Crippen LogP contribution is -2.57. The summed E-state index contributed by atoms with van der Waals surface area (Å²) in [5.74, 6) is 1.52. The van der Waals surface area contributed by atoms with Crippen LogP contribution in [0.4, 0.5) is 0 Å². The van der Waals surface area contributed by atoms with Crippen LogP contribution in [0.15, 0.2) is 24.3 Å². The van der Waals surface area contributed by atoms with Crippen LogP contribution in [0.2, 0.25) is 0 Å². The molecule has 3 rings (SSSR count). The lowest BCUT2D eigenvalue weighted by molar-refractivity contribution is -0.141. The minimum absolute atomic E-state index is 0.0101. The fourth-order valence-electron chi connectivity index (χ4n) is 3.48. The molecular formula is C19H27N3O4. The highest BCUT2D eigenvalue weighted by atomic mass is 16.5. The second-order valence-electron chi connectivity index (χ2n) is 6.59. The molecule has 1 aromatic rings. The van der Waals surface area contributed by atoms with Gasteiger partial charge in [-0.05, 0) is 44.0 Å². The summed E-state index contributed by atoms with van der Waals surface area (Å²) in [5.41, 5.74) is 0. The van der Waals surface area contributed by atoms with E-state index in [4.69, 9.17) is 9.47 Å². The molecule has 7 heteroatoms. The van der Waals surface area contributed by atoms with Gasteiger partial charge in [-0.15, -0.1) is 0 Å². The van der Waals surface area contributed by atoms with E-state index in [0.717, 1.165) is 31.7 Å². The highest BCUT2D eigenvalue weighted by Crippen LogP contribution is 2.19. The molecule has 2 aliphatic rings. The van der Waals surface area contributed by atoms with Crippen molar-refractivity contribution in [3.8, 4) is 11.5 Å². The van der Waals surface area contributed by atoms with Crippen molar-refractivity contribution >= 4 is 11.8 Å². The molecule has 2 aliphatic heterocycles. The van der Waals surface area contributed by atoms with Crippen molar-refractivity contribution in [2.75, 3.05) is 45.9 Å². The molecule has 1 atom stereocenters. The van der Waals surface area contributed by atoms with E-state index in [0.29, 0.717) is 32.0 Å². The second kappa shape index (κ2) is 8.89.